The fourth-order valence-electron chi connectivity index (χ4n) is 2.96. The van der Waals surface area contributed by atoms with Crippen LogP contribution in [0.15, 0.2) is 24.3 Å². The zero-order chi connectivity index (χ0) is 14.8. The Morgan fingerprint density at radius 3 is 2.71 bits per heavy atom. The van der Waals surface area contributed by atoms with Gasteiger partial charge in [-0.05, 0) is 49.9 Å². The predicted octanol–water partition coefficient (Wildman–Crippen LogP) is 4.60. The van der Waals surface area contributed by atoms with Crippen LogP contribution in [0.2, 0.25) is 0 Å². The summed E-state index contributed by atoms with van der Waals surface area (Å²) in [5.74, 6) is -1.01. The largest absolute Gasteiger partial charge is 0.306 e. The number of rotatable bonds is 4. The normalized spacial score (nSPS) is 15.8. The van der Waals surface area contributed by atoms with Crippen molar-refractivity contribution in [2.45, 2.75) is 38.6 Å². The van der Waals surface area contributed by atoms with Crippen molar-refractivity contribution in [2.75, 3.05) is 6.54 Å². The van der Waals surface area contributed by atoms with Gasteiger partial charge in [0.25, 0.3) is 0 Å². The van der Waals surface area contributed by atoms with Crippen LogP contribution in [0.25, 0.3) is 0 Å². The average Bonchev–Trinajstić information content (AvgIpc) is 2.89. The third-order valence-corrected chi connectivity index (χ3v) is 5.28. The summed E-state index contributed by atoms with van der Waals surface area (Å²) in [7, 11) is 0. The molecular formula is C17H19F2NS. The van der Waals surface area contributed by atoms with Crippen molar-refractivity contribution in [2.24, 2.45) is 0 Å². The minimum atomic E-state index is -0.531. The van der Waals surface area contributed by atoms with Gasteiger partial charge in [-0.15, -0.1) is 11.3 Å². The number of hydrogen-bond donors (Lipinski definition) is 1. The lowest BCUT2D eigenvalue weighted by atomic mass is 9.97. The summed E-state index contributed by atoms with van der Waals surface area (Å²) in [6, 6.07) is 5.86. The Hall–Kier alpha value is -1.26. The second-order valence-electron chi connectivity index (χ2n) is 5.46. The molecule has 0 radical (unpaired) electrons. The van der Waals surface area contributed by atoms with Gasteiger partial charge in [0.15, 0.2) is 0 Å². The first-order valence-electron chi connectivity index (χ1n) is 7.49. The summed E-state index contributed by atoms with van der Waals surface area (Å²) in [4.78, 5) is 2.57. The zero-order valence-electron chi connectivity index (χ0n) is 12.1. The molecule has 1 aromatic heterocycles. The van der Waals surface area contributed by atoms with Gasteiger partial charge in [0, 0.05) is 21.4 Å². The van der Waals surface area contributed by atoms with Crippen molar-refractivity contribution < 1.29 is 8.78 Å². The molecule has 0 saturated carbocycles. The van der Waals surface area contributed by atoms with E-state index in [1.165, 1.54) is 29.3 Å². The van der Waals surface area contributed by atoms with Gasteiger partial charge in [-0.25, -0.2) is 8.78 Å². The lowest BCUT2D eigenvalue weighted by Crippen LogP contribution is -2.22. The zero-order valence-corrected chi connectivity index (χ0v) is 12.9. The predicted molar refractivity (Wildman–Crippen MR) is 82.8 cm³/mol. The summed E-state index contributed by atoms with van der Waals surface area (Å²) in [5.41, 5.74) is 1.93. The first-order chi connectivity index (χ1) is 10.2. The smallest absolute Gasteiger partial charge is 0.131 e. The maximum absolute atomic E-state index is 14.1. The summed E-state index contributed by atoms with van der Waals surface area (Å²) < 4.78 is 27.2. The highest BCUT2D eigenvalue weighted by molar-refractivity contribution is 7.12. The number of fused-ring (bicyclic) bond motifs is 1. The van der Waals surface area contributed by atoms with Gasteiger partial charge in [0.1, 0.15) is 11.6 Å². The Morgan fingerprint density at radius 2 is 2.00 bits per heavy atom. The van der Waals surface area contributed by atoms with Crippen LogP contribution in [0.3, 0.4) is 0 Å². The molecule has 0 saturated heterocycles. The molecule has 0 spiro atoms. The molecule has 1 nitrogen and oxygen atoms in total. The molecule has 0 aliphatic heterocycles. The van der Waals surface area contributed by atoms with E-state index in [-0.39, 0.29) is 6.04 Å². The highest BCUT2D eigenvalue weighted by atomic mass is 32.1. The van der Waals surface area contributed by atoms with E-state index >= 15 is 0 Å². The molecule has 0 bridgehead atoms. The standard InChI is InChI=1S/C17H19F2NS/c1-2-20-17(13-8-7-12(18)10-14(13)19)16-9-11-5-3-4-6-15(11)21-16/h7-10,17,20H,2-6H2,1H3. The Bertz CT molecular complexity index is 612. The summed E-state index contributed by atoms with van der Waals surface area (Å²) in [6.45, 7) is 2.74. The van der Waals surface area contributed by atoms with Gasteiger partial charge in [0.05, 0.1) is 6.04 Å². The van der Waals surface area contributed by atoms with Gasteiger partial charge in [-0.3, -0.25) is 0 Å². The van der Waals surface area contributed by atoms with Crippen LogP contribution in [0, 0.1) is 11.6 Å². The van der Waals surface area contributed by atoms with Crippen molar-refractivity contribution in [1.82, 2.24) is 5.32 Å². The van der Waals surface area contributed by atoms with Crippen molar-refractivity contribution in [1.29, 1.82) is 0 Å². The monoisotopic (exact) mass is 307 g/mol. The van der Waals surface area contributed by atoms with Gasteiger partial charge in [-0.2, -0.15) is 0 Å². The van der Waals surface area contributed by atoms with Gasteiger partial charge < -0.3 is 5.32 Å². The molecule has 21 heavy (non-hydrogen) atoms. The van der Waals surface area contributed by atoms with Crippen LogP contribution in [0.5, 0.6) is 0 Å². The van der Waals surface area contributed by atoms with Crippen molar-refractivity contribution >= 4 is 11.3 Å². The number of halogens is 2. The lowest BCUT2D eigenvalue weighted by Gasteiger charge is -2.17. The maximum atomic E-state index is 14.1. The van der Waals surface area contributed by atoms with Gasteiger partial charge >= 0.3 is 0 Å². The van der Waals surface area contributed by atoms with Gasteiger partial charge in [-0.1, -0.05) is 13.0 Å². The average molecular weight is 307 g/mol. The Kier molecular flexibility index (Phi) is 4.36. The highest BCUT2D eigenvalue weighted by Gasteiger charge is 2.22. The summed E-state index contributed by atoms with van der Waals surface area (Å²) in [6.07, 6.45) is 4.73. The van der Waals surface area contributed by atoms with E-state index in [1.807, 2.05) is 6.92 Å². The van der Waals surface area contributed by atoms with E-state index in [9.17, 15) is 8.78 Å². The first-order valence-corrected chi connectivity index (χ1v) is 8.30. The Morgan fingerprint density at radius 1 is 1.19 bits per heavy atom. The van der Waals surface area contributed by atoms with Crippen LogP contribution in [0.4, 0.5) is 8.78 Å². The lowest BCUT2D eigenvalue weighted by molar-refractivity contribution is 0.543. The Labute approximate surface area is 128 Å². The molecule has 2 aromatic rings. The van der Waals surface area contributed by atoms with Crippen molar-refractivity contribution in [3.8, 4) is 0 Å². The topological polar surface area (TPSA) is 12.0 Å². The van der Waals surface area contributed by atoms with E-state index in [1.54, 1.807) is 17.4 Å². The molecule has 1 aromatic carbocycles. The molecule has 4 heteroatoms. The van der Waals surface area contributed by atoms with E-state index in [2.05, 4.69) is 11.4 Å². The number of thiophene rings is 1. The van der Waals surface area contributed by atoms with Crippen molar-refractivity contribution in [3.63, 3.8) is 0 Å². The van der Waals surface area contributed by atoms with Crippen LogP contribution in [-0.4, -0.2) is 6.54 Å². The van der Waals surface area contributed by atoms with Crippen LogP contribution in [-0.2, 0) is 12.8 Å². The molecule has 3 rings (SSSR count). The SMILES string of the molecule is CCNC(c1cc2c(s1)CCCC2)c1ccc(F)cc1F. The number of benzene rings is 1. The highest BCUT2D eigenvalue weighted by Crippen LogP contribution is 2.36. The van der Waals surface area contributed by atoms with Gasteiger partial charge in [0.2, 0.25) is 0 Å². The molecule has 1 unspecified atom stereocenters. The van der Waals surface area contributed by atoms with E-state index < -0.39 is 11.6 Å². The quantitative estimate of drug-likeness (QED) is 0.870. The molecule has 0 amide bonds. The Balaban J connectivity index is 1.99. The van der Waals surface area contributed by atoms with Crippen molar-refractivity contribution in [3.05, 3.63) is 56.8 Å². The number of aryl methyl sites for hydroxylation is 2. The fourth-order valence-corrected chi connectivity index (χ4v) is 4.31. The molecule has 1 heterocycles. The summed E-state index contributed by atoms with van der Waals surface area (Å²) in [5, 5.41) is 3.33. The van der Waals surface area contributed by atoms with E-state index in [0.29, 0.717) is 5.56 Å². The van der Waals surface area contributed by atoms with Crippen LogP contribution >= 0.6 is 11.3 Å². The number of hydrogen-bond acceptors (Lipinski definition) is 2. The minimum absolute atomic E-state index is 0.189. The first kappa shape index (κ1) is 14.7. The van der Waals surface area contributed by atoms with Crippen LogP contribution < -0.4 is 5.32 Å². The minimum Gasteiger partial charge on any atom is -0.306 e. The van der Waals surface area contributed by atoms with E-state index in [4.69, 9.17) is 0 Å². The van der Waals surface area contributed by atoms with E-state index in [0.717, 1.165) is 30.3 Å². The molecule has 0 fully saturated rings. The third-order valence-electron chi connectivity index (χ3n) is 3.98. The fraction of sp³-hybridized carbons (Fsp3) is 0.412. The molecule has 1 N–H and O–H groups in total. The second-order valence-corrected chi connectivity index (χ2v) is 6.63. The molecule has 1 atom stereocenters. The summed E-state index contributed by atoms with van der Waals surface area (Å²) >= 11 is 1.77. The molecule has 1 aliphatic rings. The molecular weight excluding hydrogens is 288 g/mol. The third kappa shape index (κ3) is 3.01. The second kappa shape index (κ2) is 6.24. The maximum Gasteiger partial charge on any atom is 0.131 e. The molecule has 1 aliphatic carbocycles. The van der Waals surface area contributed by atoms with Crippen LogP contribution in [0.1, 0.15) is 46.7 Å². The molecule has 112 valence electrons. The number of nitrogens with one attached hydrogen (secondary N) is 1.